The van der Waals surface area contributed by atoms with Crippen molar-refractivity contribution in [3.05, 3.63) is 55.3 Å². The van der Waals surface area contributed by atoms with Crippen LogP contribution in [0.3, 0.4) is 0 Å². The van der Waals surface area contributed by atoms with Crippen molar-refractivity contribution in [2.24, 2.45) is 4.99 Å². The van der Waals surface area contributed by atoms with Crippen LogP contribution in [0.15, 0.2) is 38.9 Å². The fourth-order valence-electron chi connectivity index (χ4n) is 3.88. The van der Waals surface area contributed by atoms with Gasteiger partial charge in [0.2, 0.25) is 0 Å². The number of nitrogens with one attached hydrogen (secondary N) is 1. The molecule has 0 saturated carbocycles. The van der Waals surface area contributed by atoms with E-state index in [9.17, 15) is 19.1 Å². The van der Waals surface area contributed by atoms with Crippen molar-refractivity contribution < 1.29 is 28.6 Å². The summed E-state index contributed by atoms with van der Waals surface area (Å²) >= 11 is 4.71. The quantitative estimate of drug-likeness (QED) is 0.485. The minimum atomic E-state index is -1.02. The second-order valence-electron chi connectivity index (χ2n) is 7.81. The van der Waals surface area contributed by atoms with Gasteiger partial charge in [-0.1, -0.05) is 33.3 Å². The van der Waals surface area contributed by atoms with Gasteiger partial charge in [0.25, 0.3) is 0 Å². The lowest BCUT2D eigenvalue weighted by Gasteiger charge is -2.35. The molecule has 35 heavy (non-hydrogen) atoms. The number of carboxylic acid groups (broad SMARTS) is 1. The van der Waals surface area contributed by atoms with Crippen LogP contribution < -0.4 is 5.32 Å². The molecule has 0 radical (unpaired) electrons. The first-order valence-corrected chi connectivity index (χ1v) is 12.4. The Labute approximate surface area is 213 Å². The topological polar surface area (TPSA) is 126 Å². The lowest BCUT2D eigenvalue weighted by atomic mass is 9.95. The van der Waals surface area contributed by atoms with Crippen LogP contribution in [-0.2, 0) is 19.1 Å². The molecule has 2 atom stereocenters. The first-order valence-electron chi connectivity index (χ1n) is 10.8. The van der Waals surface area contributed by atoms with E-state index in [2.05, 4.69) is 31.4 Å². The summed E-state index contributed by atoms with van der Waals surface area (Å²) in [6.07, 6.45) is 0. The van der Waals surface area contributed by atoms with Crippen molar-refractivity contribution in [3.8, 4) is 0 Å². The maximum absolute atomic E-state index is 13.9. The molecular formula is C22H23BrFN5O5S. The molecule has 3 heterocycles. The third-order valence-electron chi connectivity index (χ3n) is 5.49. The van der Waals surface area contributed by atoms with Crippen LogP contribution in [0.1, 0.15) is 28.5 Å². The second kappa shape index (κ2) is 10.9. The van der Waals surface area contributed by atoms with Crippen LogP contribution in [0.25, 0.3) is 0 Å². The second-order valence-corrected chi connectivity index (χ2v) is 9.85. The Kier molecular flexibility index (Phi) is 7.89. The Balaban J connectivity index is 1.84. The summed E-state index contributed by atoms with van der Waals surface area (Å²) in [5.41, 5.74) is 1.18. The number of halogens is 2. The Morgan fingerprint density at radius 1 is 1.40 bits per heavy atom. The van der Waals surface area contributed by atoms with E-state index in [4.69, 9.17) is 14.5 Å². The summed E-state index contributed by atoms with van der Waals surface area (Å²) in [4.78, 5) is 31.5. The van der Waals surface area contributed by atoms with Crippen LogP contribution in [0.2, 0.25) is 0 Å². The summed E-state index contributed by atoms with van der Waals surface area (Å²) < 4.78 is 25.0. The summed E-state index contributed by atoms with van der Waals surface area (Å²) in [5, 5.41) is 22.3. The molecule has 2 aliphatic rings. The SMILES string of the molecule is CCOC(=O)C1=C(CN2CCOCC2C(=O)O)NC(c2nnc(C)s2)=NC1c1ccc(F)cc1Br. The highest BCUT2D eigenvalue weighted by atomic mass is 79.9. The fourth-order valence-corrected chi connectivity index (χ4v) is 5.09. The molecule has 0 amide bonds. The number of carbonyl (C=O) groups is 2. The third kappa shape index (κ3) is 5.58. The van der Waals surface area contributed by atoms with Gasteiger partial charge in [-0.05, 0) is 31.5 Å². The number of nitrogens with zero attached hydrogens (tertiary/aromatic N) is 4. The van der Waals surface area contributed by atoms with E-state index in [1.807, 2.05) is 6.92 Å². The molecule has 2 aromatic rings. The van der Waals surface area contributed by atoms with Crippen LogP contribution in [0, 0.1) is 12.7 Å². The van der Waals surface area contributed by atoms with E-state index in [0.29, 0.717) is 39.7 Å². The van der Waals surface area contributed by atoms with Gasteiger partial charge in [-0.25, -0.2) is 9.18 Å². The lowest BCUT2D eigenvalue weighted by Crippen LogP contribution is -2.52. The molecule has 10 nitrogen and oxygen atoms in total. The van der Waals surface area contributed by atoms with Crippen LogP contribution >= 0.6 is 27.3 Å². The van der Waals surface area contributed by atoms with E-state index in [1.165, 1.54) is 23.5 Å². The van der Waals surface area contributed by atoms with Crippen molar-refractivity contribution in [2.45, 2.75) is 25.9 Å². The molecule has 186 valence electrons. The van der Waals surface area contributed by atoms with Gasteiger partial charge < -0.3 is 19.9 Å². The largest absolute Gasteiger partial charge is 0.480 e. The molecule has 2 unspecified atom stereocenters. The first kappa shape index (κ1) is 25.4. The van der Waals surface area contributed by atoms with E-state index >= 15 is 0 Å². The highest BCUT2D eigenvalue weighted by Gasteiger charge is 2.37. The number of aryl methyl sites for hydroxylation is 1. The maximum atomic E-state index is 13.9. The van der Waals surface area contributed by atoms with Crippen LogP contribution in [0.4, 0.5) is 4.39 Å². The highest BCUT2D eigenvalue weighted by Crippen LogP contribution is 2.37. The molecule has 1 aromatic heterocycles. The number of ether oxygens (including phenoxy) is 2. The van der Waals surface area contributed by atoms with Gasteiger partial charge in [0.15, 0.2) is 10.8 Å². The monoisotopic (exact) mass is 567 g/mol. The number of carbonyl (C=O) groups excluding carboxylic acids is 1. The lowest BCUT2D eigenvalue weighted by molar-refractivity contribution is -0.149. The Morgan fingerprint density at radius 3 is 2.86 bits per heavy atom. The van der Waals surface area contributed by atoms with E-state index in [1.54, 1.807) is 17.9 Å². The zero-order chi connectivity index (χ0) is 25.1. The molecule has 1 saturated heterocycles. The highest BCUT2D eigenvalue weighted by molar-refractivity contribution is 9.10. The van der Waals surface area contributed by atoms with Crippen molar-refractivity contribution in [1.82, 2.24) is 20.4 Å². The first-order chi connectivity index (χ1) is 16.8. The molecule has 0 bridgehead atoms. The van der Waals surface area contributed by atoms with Crippen molar-refractivity contribution in [1.29, 1.82) is 0 Å². The molecular weight excluding hydrogens is 545 g/mol. The average Bonchev–Trinajstić information content (AvgIpc) is 3.25. The van der Waals surface area contributed by atoms with Gasteiger partial charge in [-0.3, -0.25) is 14.7 Å². The van der Waals surface area contributed by atoms with Crippen molar-refractivity contribution in [2.75, 3.05) is 32.9 Å². The standard InChI is InChI=1S/C22H23BrFN5O5S/c1-3-34-22(32)17-15(9-29-6-7-33-10-16(29)21(30)31)25-19(20-28-27-11(2)35-20)26-18(17)13-5-4-12(24)8-14(13)23/h4-5,8,16,18H,3,6-7,9-10H2,1-2H3,(H,25,26)(H,30,31). The van der Waals surface area contributed by atoms with Gasteiger partial charge in [0, 0.05) is 23.3 Å². The smallest absolute Gasteiger partial charge is 0.338 e. The van der Waals surface area contributed by atoms with E-state index in [-0.39, 0.29) is 25.3 Å². The van der Waals surface area contributed by atoms with E-state index in [0.717, 1.165) is 5.01 Å². The van der Waals surface area contributed by atoms with Crippen LogP contribution in [-0.4, -0.2) is 76.9 Å². The molecule has 0 spiro atoms. The van der Waals surface area contributed by atoms with Gasteiger partial charge >= 0.3 is 11.9 Å². The molecule has 0 aliphatic carbocycles. The molecule has 1 fully saturated rings. The fraction of sp³-hybridized carbons (Fsp3) is 0.409. The average molecular weight is 568 g/mol. The summed E-state index contributed by atoms with van der Waals surface area (Å²) in [7, 11) is 0. The van der Waals surface area contributed by atoms with Gasteiger partial charge in [-0.2, -0.15) is 0 Å². The Hall–Kier alpha value is -2.74. The summed E-state index contributed by atoms with van der Waals surface area (Å²) in [6, 6.07) is 2.39. The Morgan fingerprint density at radius 2 is 2.20 bits per heavy atom. The number of benzene rings is 1. The van der Waals surface area contributed by atoms with Gasteiger partial charge in [0.1, 0.15) is 22.9 Å². The minimum absolute atomic E-state index is 0.0286. The number of hydrogen-bond donors (Lipinski definition) is 2. The van der Waals surface area contributed by atoms with Crippen molar-refractivity contribution >= 4 is 45.0 Å². The molecule has 2 aliphatic heterocycles. The summed E-state index contributed by atoms with van der Waals surface area (Å²) in [5.74, 6) is -1.70. The number of aromatic nitrogens is 2. The predicted molar refractivity (Wildman–Crippen MR) is 129 cm³/mol. The van der Waals surface area contributed by atoms with Gasteiger partial charge in [-0.15, -0.1) is 10.2 Å². The zero-order valence-corrected chi connectivity index (χ0v) is 21.4. The number of morpholine rings is 1. The number of amidine groups is 1. The molecule has 2 N–H and O–H groups in total. The number of esters is 1. The van der Waals surface area contributed by atoms with Crippen LogP contribution in [0.5, 0.6) is 0 Å². The minimum Gasteiger partial charge on any atom is -0.480 e. The Bertz CT molecular complexity index is 1200. The zero-order valence-electron chi connectivity index (χ0n) is 19.0. The maximum Gasteiger partial charge on any atom is 0.338 e. The number of aliphatic carboxylic acids is 1. The van der Waals surface area contributed by atoms with Gasteiger partial charge in [0.05, 0.1) is 25.4 Å². The van der Waals surface area contributed by atoms with Crippen molar-refractivity contribution in [3.63, 3.8) is 0 Å². The summed E-state index contributed by atoms with van der Waals surface area (Å²) in [6.45, 7) is 4.47. The molecule has 1 aromatic carbocycles. The predicted octanol–water partition coefficient (Wildman–Crippen LogP) is 2.44. The number of hydrogen-bond acceptors (Lipinski definition) is 10. The normalized spacial score (nSPS) is 20.9. The number of rotatable bonds is 7. The third-order valence-corrected chi connectivity index (χ3v) is 7.02. The molecule has 13 heteroatoms. The number of aliphatic imine (C=N–C) groups is 1. The number of carboxylic acids is 1. The molecule has 4 rings (SSSR count). The van der Waals surface area contributed by atoms with E-state index < -0.39 is 29.8 Å².